The van der Waals surface area contributed by atoms with Crippen LogP contribution >= 0.6 is 11.3 Å². The van der Waals surface area contributed by atoms with Crippen LogP contribution in [-0.2, 0) is 0 Å². The maximum atomic E-state index is 4.24. The van der Waals surface area contributed by atoms with Crippen LogP contribution in [0.1, 0.15) is 4.88 Å². The fourth-order valence-electron chi connectivity index (χ4n) is 1.05. The molecule has 0 radical (unpaired) electrons. The van der Waals surface area contributed by atoms with E-state index in [-0.39, 0.29) is 0 Å². The van der Waals surface area contributed by atoms with Crippen molar-refractivity contribution in [1.82, 2.24) is 9.97 Å². The van der Waals surface area contributed by atoms with E-state index in [4.69, 9.17) is 0 Å². The van der Waals surface area contributed by atoms with Crippen molar-refractivity contribution in [3.63, 3.8) is 0 Å². The normalized spacial score (nSPS) is 10.1. The number of thiazole rings is 1. The monoisotopic (exact) mass is 176 g/mol. The lowest BCUT2D eigenvalue weighted by atomic mass is 10.2. The summed E-state index contributed by atoms with van der Waals surface area (Å²) in [4.78, 5) is 9.68. The van der Waals surface area contributed by atoms with Gasteiger partial charge in [-0.3, -0.25) is 4.98 Å². The van der Waals surface area contributed by atoms with E-state index >= 15 is 0 Å². The van der Waals surface area contributed by atoms with Crippen LogP contribution in [0.4, 0.5) is 0 Å². The summed E-state index contributed by atoms with van der Waals surface area (Å²) in [5, 5.41) is 0. The van der Waals surface area contributed by atoms with Crippen molar-refractivity contribution in [3.05, 3.63) is 34.8 Å². The number of aryl methyl sites for hydroxylation is 1. The maximum Gasteiger partial charge on any atom is 0.102 e. The Morgan fingerprint density at radius 1 is 1.25 bits per heavy atom. The Balaban J connectivity index is 2.51. The third-order valence-corrected chi connectivity index (χ3v) is 2.41. The third kappa shape index (κ3) is 1.23. The molecule has 0 aromatic carbocycles. The molecular formula is C9H8N2S. The summed E-state index contributed by atoms with van der Waals surface area (Å²) < 4.78 is 0. The first-order valence-electron chi connectivity index (χ1n) is 3.69. The molecular weight excluding hydrogens is 168 g/mol. The van der Waals surface area contributed by atoms with Gasteiger partial charge in [-0.15, -0.1) is 11.3 Å². The summed E-state index contributed by atoms with van der Waals surface area (Å²) >= 11 is 1.65. The van der Waals surface area contributed by atoms with Gasteiger partial charge in [0.25, 0.3) is 0 Å². The summed E-state index contributed by atoms with van der Waals surface area (Å²) in [5.41, 5.74) is 3.80. The van der Waals surface area contributed by atoms with Gasteiger partial charge in [0.05, 0.1) is 11.2 Å². The number of rotatable bonds is 1. The maximum absolute atomic E-state index is 4.24. The summed E-state index contributed by atoms with van der Waals surface area (Å²) in [5.74, 6) is 0. The largest absolute Gasteiger partial charge is 0.255 e. The first-order valence-corrected chi connectivity index (χ1v) is 4.57. The van der Waals surface area contributed by atoms with Gasteiger partial charge < -0.3 is 0 Å². The van der Waals surface area contributed by atoms with E-state index in [1.54, 1.807) is 17.5 Å². The summed E-state index contributed by atoms with van der Waals surface area (Å²) in [7, 11) is 0. The van der Waals surface area contributed by atoms with Gasteiger partial charge in [-0.05, 0) is 19.1 Å². The van der Waals surface area contributed by atoms with Crippen LogP contribution in [0.2, 0.25) is 0 Å². The molecule has 0 fully saturated rings. The Bertz CT molecular complexity index is 367. The first-order chi connectivity index (χ1) is 5.88. The summed E-state index contributed by atoms with van der Waals surface area (Å²) in [6, 6.07) is 5.86. The van der Waals surface area contributed by atoms with E-state index in [0.717, 1.165) is 11.4 Å². The Morgan fingerprint density at radius 3 is 2.75 bits per heavy atom. The van der Waals surface area contributed by atoms with Crippen LogP contribution < -0.4 is 0 Å². The molecule has 0 aliphatic heterocycles. The van der Waals surface area contributed by atoms with Gasteiger partial charge in [0.15, 0.2) is 0 Å². The van der Waals surface area contributed by atoms with Crippen molar-refractivity contribution in [3.8, 4) is 11.4 Å². The fraction of sp³-hybridized carbons (Fsp3) is 0.111. The number of nitrogens with zero attached hydrogens (tertiary/aromatic N) is 2. The molecule has 12 heavy (non-hydrogen) atoms. The molecule has 0 amide bonds. The van der Waals surface area contributed by atoms with E-state index in [1.807, 2.05) is 23.7 Å². The number of hydrogen-bond donors (Lipinski definition) is 0. The van der Waals surface area contributed by atoms with E-state index in [9.17, 15) is 0 Å². The van der Waals surface area contributed by atoms with E-state index in [0.29, 0.717) is 0 Å². The molecule has 0 N–H and O–H groups in total. The highest BCUT2D eigenvalue weighted by Crippen LogP contribution is 2.21. The van der Waals surface area contributed by atoms with Crippen molar-refractivity contribution in [2.45, 2.75) is 6.92 Å². The SMILES string of the molecule is Cc1scnc1-c1ccccn1. The molecule has 0 spiro atoms. The van der Waals surface area contributed by atoms with Crippen molar-refractivity contribution >= 4 is 11.3 Å². The lowest BCUT2D eigenvalue weighted by Crippen LogP contribution is -1.82. The quantitative estimate of drug-likeness (QED) is 0.667. The molecule has 3 heteroatoms. The molecule has 0 aliphatic rings. The minimum absolute atomic E-state index is 0.955. The predicted molar refractivity (Wildman–Crippen MR) is 50.1 cm³/mol. The summed E-state index contributed by atoms with van der Waals surface area (Å²) in [6.45, 7) is 2.06. The fourth-order valence-corrected chi connectivity index (χ4v) is 1.64. The highest BCUT2D eigenvalue weighted by atomic mass is 32.1. The Morgan fingerprint density at radius 2 is 2.17 bits per heavy atom. The van der Waals surface area contributed by atoms with Crippen LogP contribution in [-0.4, -0.2) is 9.97 Å². The van der Waals surface area contributed by atoms with Gasteiger partial charge in [0.1, 0.15) is 5.69 Å². The molecule has 2 rings (SSSR count). The average molecular weight is 176 g/mol. The van der Waals surface area contributed by atoms with Crippen LogP contribution in [0, 0.1) is 6.92 Å². The Labute approximate surface area is 74.9 Å². The lowest BCUT2D eigenvalue weighted by molar-refractivity contribution is 1.27. The van der Waals surface area contributed by atoms with Crippen molar-refractivity contribution < 1.29 is 0 Å². The molecule has 0 saturated heterocycles. The molecule has 2 aromatic heterocycles. The molecule has 60 valence electrons. The average Bonchev–Trinajstić information content (AvgIpc) is 2.53. The minimum atomic E-state index is 0.955. The van der Waals surface area contributed by atoms with Gasteiger partial charge >= 0.3 is 0 Å². The second-order valence-electron chi connectivity index (χ2n) is 2.47. The number of hydrogen-bond acceptors (Lipinski definition) is 3. The number of pyridine rings is 1. The van der Waals surface area contributed by atoms with Crippen LogP contribution in [0.15, 0.2) is 29.9 Å². The molecule has 0 saturated carbocycles. The predicted octanol–water partition coefficient (Wildman–Crippen LogP) is 2.51. The van der Waals surface area contributed by atoms with Gasteiger partial charge in [0.2, 0.25) is 0 Å². The van der Waals surface area contributed by atoms with E-state index in [1.165, 1.54) is 4.88 Å². The lowest BCUT2D eigenvalue weighted by Gasteiger charge is -1.94. The first kappa shape index (κ1) is 7.43. The Kier molecular flexibility index (Phi) is 1.87. The zero-order chi connectivity index (χ0) is 8.39. The van der Waals surface area contributed by atoms with Gasteiger partial charge in [0, 0.05) is 11.1 Å². The second-order valence-corrected chi connectivity index (χ2v) is 3.53. The minimum Gasteiger partial charge on any atom is -0.255 e. The third-order valence-electron chi connectivity index (χ3n) is 1.65. The molecule has 2 heterocycles. The van der Waals surface area contributed by atoms with Crippen molar-refractivity contribution in [2.75, 3.05) is 0 Å². The standard InChI is InChI=1S/C9H8N2S/c1-7-9(11-6-12-7)8-4-2-3-5-10-8/h2-6H,1H3. The molecule has 0 unspecified atom stereocenters. The topological polar surface area (TPSA) is 25.8 Å². The van der Waals surface area contributed by atoms with Crippen LogP contribution in [0.5, 0.6) is 0 Å². The van der Waals surface area contributed by atoms with E-state index in [2.05, 4.69) is 16.9 Å². The van der Waals surface area contributed by atoms with Crippen molar-refractivity contribution in [2.24, 2.45) is 0 Å². The van der Waals surface area contributed by atoms with Crippen LogP contribution in [0.25, 0.3) is 11.4 Å². The molecule has 0 aliphatic carbocycles. The van der Waals surface area contributed by atoms with Crippen molar-refractivity contribution in [1.29, 1.82) is 0 Å². The summed E-state index contributed by atoms with van der Waals surface area (Å²) in [6.07, 6.45) is 1.79. The highest BCUT2D eigenvalue weighted by molar-refractivity contribution is 7.10. The second kappa shape index (κ2) is 3.03. The van der Waals surface area contributed by atoms with Gasteiger partial charge in [-0.1, -0.05) is 6.07 Å². The highest BCUT2D eigenvalue weighted by Gasteiger charge is 2.03. The van der Waals surface area contributed by atoms with Crippen LogP contribution in [0.3, 0.4) is 0 Å². The smallest absolute Gasteiger partial charge is 0.102 e. The molecule has 0 bridgehead atoms. The van der Waals surface area contributed by atoms with Gasteiger partial charge in [-0.25, -0.2) is 4.98 Å². The van der Waals surface area contributed by atoms with Gasteiger partial charge in [-0.2, -0.15) is 0 Å². The zero-order valence-electron chi connectivity index (χ0n) is 6.69. The zero-order valence-corrected chi connectivity index (χ0v) is 7.51. The Hall–Kier alpha value is -1.22. The molecule has 2 aromatic rings. The molecule has 2 nitrogen and oxygen atoms in total. The van der Waals surface area contributed by atoms with E-state index < -0.39 is 0 Å². The number of aromatic nitrogens is 2. The molecule has 0 atom stereocenters.